The normalized spacial score (nSPS) is 18.3. The summed E-state index contributed by atoms with van der Waals surface area (Å²) >= 11 is 0. The smallest absolute Gasteiger partial charge is 0.295 e. The lowest BCUT2D eigenvalue weighted by Gasteiger charge is -2.18. The fourth-order valence-electron chi connectivity index (χ4n) is 2.78. The Hall–Kier alpha value is -1.71. The van der Waals surface area contributed by atoms with E-state index in [2.05, 4.69) is 17.2 Å². The molecule has 0 bridgehead atoms. The second kappa shape index (κ2) is 4.52. The van der Waals surface area contributed by atoms with Gasteiger partial charge in [0.25, 0.3) is 6.01 Å². The van der Waals surface area contributed by atoms with E-state index in [1.165, 1.54) is 25.7 Å². The second-order valence-electron chi connectivity index (χ2n) is 5.22. The number of nitrogens with one attached hydrogen (secondary N) is 1. The summed E-state index contributed by atoms with van der Waals surface area (Å²) in [5, 5.41) is 3.37. The van der Waals surface area contributed by atoms with Crippen LogP contribution in [-0.4, -0.2) is 11.0 Å². The highest BCUT2D eigenvalue weighted by molar-refractivity contribution is 5.78. The zero-order valence-corrected chi connectivity index (χ0v) is 10.6. The SMILES string of the molecule is CC(Nc1nc2cc(N)ccc2o1)C1CCCC1. The first-order valence-corrected chi connectivity index (χ1v) is 6.65. The van der Waals surface area contributed by atoms with Gasteiger partial charge < -0.3 is 15.5 Å². The molecule has 4 nitrogen and oxygen atoms in total. The van der Waals surface area contributed by atoms with Crippen molar-refractivity contribution in [1.82, 2.24) is 4.98 Å². The average molecular weight is 245 g/mol. The molecule has 2 aromatic rings. The lowest BCUT2D eigenvalue weighted by molar-refractivity contribution is 0.467. The molecule has 1 aromatic heterocycles. The minimum absolute atomic E-state index is 0.415. The van der Waals surface area contributed by atoms with Gasteiger partial charge in [-0.25, -0.2) is 0 Å². The number of hydrogen-bond acceptors (Lipinski definition) is 4. The molecule has 1 atom stereocenters. The van der Waals surface area contributed by atoms with Crippen LogP contribution in [-0.2, 0) is 0 Å². The predicted octanol–water partition coefficient (Wildman–Crippen LogP) is 3.40. The highest BCUT2D eigenvalue weighted by Gasteiger charge is 2.22. The molecule has 1 saturated carbocycles. The van der Waals surface area contributed by atoms with Crippen LogP contribution in [0.1, 0.15) is 32.6 Å². The monoisotopic (exact) mass is 245 g/mol. The van der Waals surface area contributed by atoms with E-state index < -0.39 is 0 Å². The van der Waals surface area contributed by atoms with Gasteiger partial charge in [-0.3, -0.25) is 0 Å². The highest BCUT2D eigenvalue weighted by Crippen LogP contribution is 2.30. The van der Waals surface area contributed by atoms with Gasteiger partial charge in [-0.2, -0.15) is 4.98 Å². The van der Waals surface area contributed by atoms with Gasteiger partial charge in [-0.15, -0.1) is 0 Å². The van der Waals surface area contributed by atoms with Gasteiger partial charge in [-0.1, -0.05) is 12.8 Å². The van der Waals surface area contributed by atoms with E-state index in [0.717, 1.165) is 17.0 Å². The Morgan fingerprint density at radius 2 is 2.17 bits per heavy atom. The van der Waals surface area contributed by atoms with Crippen molar-refractivity contribution in [2.45, 2.75) is 38.6 Å². The zero-order chi connectivity index (χ0) is 12.5. The van der Waals surface area contributed by atoms with Crippen molar-refractivity contribution in [2.24, 2.45) is 5.92 Å². The molecule has 0 amide bonds. The van der Waals surface area contributed by atoms with Crippen molar-refractivity contribution in [3.05, 3.63) is 18.2 Å². The van der Waals surface area contributed by atoms with E-state index in [1.54, 1.807) is 0 Å². The zero-order valence-electron chi connectivity index (χ0n) is 10.6. The first-order valence-electron chi connectivity index (χ1n) is 6.65. The Bertz CT molecular complexity index is 543. The third kappa shape index (κ3) is 2.15. The standard InChI is InChI=1S/C14H19N3O/c1-9(10-4-2-3-5-10)16-14-17-12-8-11(15)6-7-13(12)18-14/h6-10H,2-5,15H2,1H3,(H,16,17). The maximum absolute atomic E-state index is 5.73. The summed E-state index contributed by atoms with van der Waals surface area (Å²) in [5.74, 6) is 0.741. The van der Waals surface area contributed by atoms with Gasteiger partial charge in [0.1, 0.15) is 5.52 Å². The molecule has 1 aromatic carbocycles. The number of fused-ring (bicyclic) bond motifs is 1. The number of aromatic nitrogens is 1. The number of oxazole rings is 1. The number of benzene rings is 1. The van der Waals surface area contributed by atoms with E-state index in [-0.39, 0.29) is 0 Å². The third-order valence-electron chi connectivity index (χ3n) is 3.87. The van der Waals surface area contributed by atoms with E-state index in [0.29, 0.717) is 17.7 Å². The molecule has 3 rings (SSSR count). The second-order valence-corrected chi connectivity index (χ2v) is 5.22. The third-order valence-corrected chi connectivity index (χ3v) is 3.87. The van der Waals surface area contributed by atoms with E-state index in [1.807, 2.05) is 18.2 Å². The van der Waals surface area contributed by atoms with Crippen LogP contribution in [0.5, 0.6) is 0 Å². The maximum atomic E-state index is 5.73. The Morgan fingerprint density at radius 1 is 1.39 bits per heavy atom. The summed E-state index contributed by atoms with van der Waals surface area (Å²) in [6.07, 6.45) is 5.31. The van der Waals surface area contributed by atoms with Crippen molar-refractivity contribution in [1.29, 1.82) is 0 Å². The summed E-state index contributed by atoms with van der Waals surface area (Å²) in [5.41, 5.74) is 8.04. The molecule has 1 heterocycles. The van der Waals surface area contributed by atoms with Crippen molar-refractivity contribution in [3.8, 4) is 0 Å². The van der Waals surface area contributed by atoms with Crippen molar-refractivity contribution < 1.29 is 4.42 Å². The molecular formula is C14H19N3O. The fraction of sp³-hybridized carbons (Fsp3) is 0.500. The molecule has 1 aliphatic carbocycles. The van der Waals surface area contributed by atoms with Gasteiger partial charge in [-0.05, 0) is 43.9 Å². The number of anilines is 2. The summed E-state index contributed by atoms with van der Waals surface area (Å²) in [7, 11) is 0. The molecule has 0 spiro atoms. The molecule has 1 unspecified atom stereocenters. The van der Waals surface area contributed by atoms with Crippen LogP contribution in [0.4, 0.5) is 11.7 Å². The first kappa shape index (κ1) is 11.4. The Balaban J connectivity index is 1.77. The Kier molecular flexibility index (Phi) is 2.86. The van der Waals surface area contributed by atoms with Crippen molar-refractivity contribution >= 4 is 22.8 Å². The molecule has 18 heavy (non-hydrogen) atoms. The van der Waals surface area contributed by atoms with Crippen molar-refractivity contribution in [2.75, 3.05) is 11.1 Å². The number of hydrogen-bond donors (Lipinski definition) is 2. The fourth-order valence-corrected chi connectivity index (χ4v) is 2.78. The van der Waals surface area contributed by atoms with Crippen LogP contribution < -0.4 is 11.1 Å². The Morgan fingerprint density at radius 3 is 2.94 bits per heavy atom. The van der Waals surface area contributed by atoms with E-state index >= 15 is 0 Å². The summed E-state index contributed by atoms with van der Waals surface area (Å²) in [6, 6.07) is 6.55. The largest absolute Gasteiger partial charge is 0.424 e. The number of nitrogen functional groups attached to an aromatic ring is 1. The Labute approximate surface area is 107 Å². The molecule has 0 saturated heterocycles. The quantitative estimate of drug-likeness (QED) is 0.813. The van der Waals surface area contributed by atoms with E-state index in [4.69, 9.17) is 10.2 Å². The molecule has 0 aliphatic heterocycles. The lowest BCUT2D eigenvalue weighted by atomic mass is 10.0. The van der Waals surface area contributed by atoms with Crippen LogP contribution in [0.2, 0.25) is 0 Å². The minimum Gasteiger partial charge on any atom is -0.424 e. The number of nitrogens with zero attached hydrogens (tertiary/aromatic N) is 1. The van der Waals surface area contributed by atoms with Gasteiger partial charge in [0.05, 0.1) is 0 Å². The van der Waals surface area contributed by atoms with Gasteiger partial charge in [0, 0.05) is 11.7 Å². The van der Waals surface area contributed by atoms with Crippen LogP contribution >= 0.6 is 0 Å². The lowest BCUT2D eigenvalue weighted by Crippen LogP contribution is -2.23. The summed E-state index contributed by atoms with van der Waals surface area (Å²) in [4.78, 5) is 4.43. The maximum Gasteiger partial charge on any atom is 0.295 e. The molecule has 96 valence electrons. The number of nitrogens with two attached hydrogens (primary N) is 1. The first-order chi connectivity index (χ1) is 8.72. The topological polar surface area (TPSA) is 64.1 Å². The average Bonchev–Trinajstić information content (AvgIpc) is 2.95. The van der Waals surface area contributed by atoms with Gasteiger partial charge in [0.2, 0.25) is 0 Å². The predicted molar refractivity (Wildman–Crippen MR) is 73.5 cm³/mol. The van der Waals surface area contributed by atoms with E-state index in [9.17, 15) is 0 Å². The van der Waals surface area contributed by atoms with Crippen LogP contribution in [0, 0.1) is 5.92 Å². The van der Waals surface area contributed by atoms with Crippen LogP contribution in [0.3, 0.4) is 0 Å². The summed E-state index contributed by atoms with van der Waals surface area (Å²) < 4.78 is 5.68. The molecule has 1 aliphatic rings. The molecule has 0 radical (unpaired) electrons. The molecular weight excluding hydrogens is 226 g/mol. The minimum atomic E-state index is 0.415. The van der Waals surface area contributed by atoms with Crippen molar-refractivity contribution in [3.63, 3.8) is 0 Å². The highest BCUT2D eigenvalue weighted by atomic mass is 16.4. The number of rotatable bonds is 3. The molecule has 4 heteroatoms. The van der Waals surface area contributed by atoms with Gasteiger partial charge >= 0.3 is 0 Å². The summed E-state index contributed by atoms with van der Waals surface area (Å²) in [6.45, 7) is 2.21. The van der Waals surface area contributed by atoms with Crippen LogP contribution in [0.25, 0.3) is 11.1 Å². The van der Waals surface area contributed by atoms with Crippen LogP contribution in [0.15, 0.2) is 22.6 Å². The molecule has 1 fully saturated rings. The van der Waals surface area contributed by atoms with Gasteiger partial charge in [0.15, 0.2) is 5.58 Å². The molecule has 3 N–H and O–H groups in total.